The predicted molar refractivity (Wildman–Crippen MR) is 268 cm³/mol. The zero-order valence-corrected chi connectivity index (χ0v) is 40.7. The monoisotopic (exact) mass is 866 g/mol. The van der Waals surface area contributed by atoms with Gasteiger partial charge in [0.25, 0.3) is 0 Å². The lowest BCUT2D eigenvalue weighted by molar-refractivity contribution is -0.150. The van der Waals surface area contributed by atoms with Crippen LogP contribution in [0.15, 0.2) is 72.9 Å². The Labute approximate surface area is 383 Å². The van der Waals surface area contributed by atoms with E-state index in [1.807, 2.05) is 6.08 Å². The minimum absolute atomic E-state index is 0.0455. The molecule has 0 radical (unpaired) electrons. The molecular formula is C56H99NO5. The van der Waals surface area contributed by atoms with Crippen LogP contribution < -0.4 is 5.32 Å². The molecule has 3 atom stereocenters. The summed E-state index contributed by atoms with van der Waals surface area (Å²) < 4.78 is 5.85. The molecule has 0 bridgehead atoms. The van der Waals surface area contributed by atoms with Crippen LogP contribution in [0.5, 0.6) is 0 Å². The molecule has 0 aromatic heterocycles. The maximum Gasteiger partial charge on any atom is 0.306 e. The number of nitrogens with one attached hydrogen (secondary N) is 1. The second-order valence-corrected chi connectivity index (χ2v) is 17.5. The van der Waals surface area contributed by atoms with Crippen molar-refractivity contribution >= 4 is 11.9 Å². The van der Waals surface area contributed by atoms with E-state index in [1.54, 1.807) is 0 Å². The number of carbonyl (C=O) groups excluding carboxylic acids is 2. The molecule has 0 rings (SSSR count). The van der Waals surface area contributed by atoms with E-state index in [2.05, 4.69) is 92.9 Å². The Morgan fingerprint density at radius 2 is 0.839 bits per heavy atom. The number of ether oxygens (including phenoxy) is 1. The van der Waals surface area contributed by atoms with E-state index in [9.17, 15) is 19.8 Å². The average Bonchev–Trinajstić information content (AvgIpc) is 3.26. The van der Waals surface area contributed by atoms with Gasteiger partial charge >= 0.3 is 5.97 Å². The fraction of sp³-hybridized carbons (Fsp3) is 0.750. The second kappa shape index (κ2) is 49.3. The highest BCUT2D eigenvalue weighted by Crippen LogP contribution is 2.17. The van der Waals surface area contributed by atoms with Crippen LogP contribution in [0.25, 0.3) is 0 Å². The van der Waals surface area contributed by atoms with Crippen LogP contribution in [0.3, 0.4) is 0 Å². The van der Waals surface area contributed by atoms with Crippen LogP contribution >= 0.6 is 0 Å². The number of esters is 1. The van der Waals surface area contributed by atoms with Crippen molar-refractivity contribution in [2.75, 3.05) is 6.61 Å². The molecule has 1 amide bonds. The third-order valence-corrected chi connectivity index (χ3v) is 11.6. The standard InChI is InChI=1S/C56H99NO5/c1-4-7-10-13-16-18-20-22-24-26-27-29-31-33-35-37-40-43-46-49-56(61)62-52(47-44-41-38-15-12-9-6-3)50-55(60)57-53(51-58)54(59)48-45-42-39-36-34-32-30-28-25-23-21-19-17-14-11-8-5-2/h7,10,16,18,22,24,27,29,33,35,40,43,52-54,58-59H,4-6,8-9,11-15,17,19-21,23,25-26,28,30-32,34,36-39,41-42,44-51H2,1-3H3,(H,57,60)/b10-7-,18-16-,24-22-,29-27-,35-33-,43-40-. The Hall–Kier alpha value is -2.70. The molecule has 6 heteroatoms. The van der Waals surface area contributed by atoms with Crippen molar-refractivity contribution in [2.45, 2.75) is 264 Å². The molecular weight excluding hydrogens is 767 g/mol. The molecule has 0 aliphatic heterocycles. The van der Waals surface area contributed by atoms with Crippen LogP contribution in [0.1, 0.15) is 245 Å². The number of amides is 1. The Bertz CT molecular complexity index is 1150. The molecule has 358 valence electrons. The summed E-state index contributed by atoms with van der Waals surface area (Å²) in [5, 5.41) is 23.7. The summed E-state index contributed by atoms with van der Waals surface area (Å²) in [6.07, 6.45) is 62.7. The second-order valence-electron chi connectivity index (χ2n) is 17.5. The van der Waals surface area contributed by atoms with Crippen LogP contribution in [0.2, 0.25) is 0 Å². The first-order valence-electron chi connectivity index (χ1n) is 26.2. The van der Waals surface area contributed by atoms with Crippen molar-refractivity contribution in [2.24, 2.45) is 0 Å². The molecule has 62 heavy (non-hydrogen) atoms. The van der Waals surface area contributed by atoms with Gasteiger partial charge in [0, 0.05) is 6.42 Å². The minimum Gasteiger partial charge on any atom is -0.462 e. The molecule has 0 saturated carbocycles. The molecule has 3 N–H and O–H groups in total. The predicted octanol–water partition coefficient (Wildman–Crippen LogP) is 15.8. The molecule has 0 aromatic carbocycles. The summed E-state index contributed by atoms with van der Waals surface area (Å²) in [5.41, 5.74) is 0. The Morgan fingerprint density at radius 3 is 1.23 bits per heavy atom. The zero-order chi connectivity index (χ0) is 45.2. The molecule has 0 saturated heterocycles. The van der Waals surface area contributed by atoms with E-state index < -0.39 is 18.2 Å². The molecule has 6 nitrogen and oxygen atoms in total. The molecule has 3 unspecified atom stereocenters. The number of aliphatic hydroxyl groups excluding tert-OH is 2. The molecule has 0 aromatic rings. The van der Waals surface area contributed by atoms with Crippen LogP contribution in [0.4, 0.5) is 0 Å². The van der Waals surface area contributed by atoms with Gasteiger partial charge in [0.2, 0.25) is 5.91 Å². The van der Waals surface area contributed by atoms with Crippen LogP contribution in [-0.4, -0.2) is 46.9 Å². The van der Waals surface area contributed by atoms with Crippen LogP contribution in [-0.2, 0) is 14.3 Å². The van der Waals surface area contributed by atoms with Crippen molar-refractivity contribution in [3.8, 4) is 0 Å². The molecule has 0 aliphatic rings. The first-order chi connectivity index (χ1) is 30.5. The van der Waals surface area contributed by atoms with Gasteiger partial charge in [-0.2, -0.15) is 0 Å². The summed E-state index contributed by atoms with van der Waals surface area (Å²) in [6, 6.07) is -0.716. The van der Waals surface area contributed by atoms with E-state index in [-0.39, 0.29) is 31.3 Å². The van der Waals surface area contributed by atoms with Crippen molar-refractivity contribution in [1.82, 2.24) is 5.32 Å². The highest BCUT2D eigenvalue weighted by Gasteiger charge is 2.24. The molecule has 0 spiro atoms. The SMILES string of the molecule is CC/C=C\C/C=C\C/C=C\C/C=C\C/C=C\C/C=C\CCC(=O)OC(CCCCCCCCC)CC(=O)NC(CO)C(O)CCCCCCCCCCCCCCCCCCC. The summed E-state index contributed by atoms with van der Waals surface area (Å²) in [4.78, 5) is 26.0. The van der Waals surface area contributed by atoms with Gasteiger partial charge in [0.1, 0.15) is 6.10 Å². The lowest BCUT2D eigenvalue weighted by atomic mass is 10.0. The number of hydrogen-bond donors (Lipinski definition) is 3. The largest absolute Gasteiger partial charge is 0.462 e. The fourth-order valence-corrected chi connectivity index (χ4v) is 7.63. The third kappa shape index (κ3) is 43.9. The van der Waals surface area contributed by atoms with E-state index in [4.69, 9.17) is 4.74 Å². The normalized spacial score (nSPS) is 13.8. The summed E-state index contributed by atoms with van der Waals surface area (Å²) in [6.45, 7) is 6.33. The van der Waals surface area contributed by atoms with Gasteiger partial charge in [-0.3, -0.25) is 9.59 Å². The smallest absolute Gasteiger partial charge is 0.306 e. The van der Waals surface area contributed by atoms with Gasteiger partial charge in [0.05, 0.1) is 25.2 Å². The Kier molecular flexibility index (Phi) is 47.2. The number of rotatable bonds is 46. The lowest BCUT2D eigenvalue weighted by Crippen LogP contribution is -2.46. The third-order valence-electron chi connectivity index (χ3n) is 11.6. The summed E-state index contributed by atoms with van der Waals surface area (Å²) in [5.74, 6) is -0.578. The van der Waals surface area contributed by atoms with E-state index in [0.29, 0.717) is 19.3 Å². The maximum atomic E-state index is 13.1. The van der Waals surface area contributed by atoms with E-state index in [1.165, 1.54) is 116 Å². The Balaban J connectivity index is 4.44. The average molecular weight is 866 g/mol. The fourth-order valence-electron chi connectivity index (χ4n) is 7.63. The molecule has 0 fully saturated rings. The number of carbonyl (C=O) groups is 2. The topological polar surface area (TPSA) is 95.9 Å². The van der Waals surface area contributed by atoms with Crippen molar-refractivity contribution < 1.29 is 24.5 Å². The van der Waals surface area contributed by atoms with Gasteiger partial charge in [-0.1, -0.05) is 241 Å². The van der Waals surface area contributed by atoms with Crippen molar-refractivity contribution in [1.29, 1.82) is 0 Å². The first kappa shape index (κ1) is 59.3. The maximum absolute atomic E-state index is 13.1. The van der Waals surface area contributed by atoms with Gasteiger partial charge < -0.3 is 20.3 Å². The highest BCUT2D eigenvalue weighted by atomic mass is 16.5. The van der Waals surface area contributed by atoms with Crippen molar-refractivity contribution in [3.05, 3.63) is 72.9 Å². The van der Waals surface area contributed by atoms with Gasteiger partial charge in [-0.25, -0.2) is 0 Å². The van der Waals surface area contributed by atoms with Crippen LogP contribution in [0, 0.1) is 0 Å². The van der Waals surface area contributed by atoms with E-state index in [0.717, 1.165) is 77.0 Å². The first-order valence-corrected chi connectivity index (χ1v) is 26.2. The molecule has 0 aliphatic carbocycles. The quantitative estimate of drug-likeness (QED) is 0.0322. The lowest BCUT2D eigenvalue weighted by Gasteiger charge is -2.24. The number of hydrogen-bond acceptors (Lipinski definition) is 5. The number of aliphatic hydroxyl groups is 2. The summed E-state index contributed by atoms with van der Waals surface area (Å²) in [7, 11) is 0. The van der Waals surface area contributed by atoms with Gasteiger partial charge in [0.15, 0.2) is 0 Å². The number of unbranched alkanes of at least 4 members (excludes halogenated alkanes) is 22. The number of allylic oxidation sites excluding steroid dienone is 12. The minimum atomic E-state index is -0.800. The van der Waals surface area contributed by atoms with Gasteiger partial charge in [-0.15, -0.1) is 0 Å². The van der Waals surface area contributed by atoms with Crippen molar-refractivity contribution in [3.63, 3.8) is 0 Å². The highest BCUT2D eigenvalue weighted by molar-refractivity contribution is 5.77. The van der Waals surface area contributed by atoms with E-state index >= 15 is 0 Å². The summed E-state index contributed by atoms with van der Waals surface area (Å²) >= 11 is 0. The zero-order valence-electron chi connectivity index (χ0n) is 40.7. The molecule has 0 heterocycles. The Morgan fingerprint density at radius 1 is 0.484 bits per heavy atom. The van der Waals surface area contributed by atoms with Gasteiger partial charge in [-0.05, 0) is 64.2 Å².